The third-order valence-corrected chi connectivity index (χ3v) is 10.1. The van der Waals surface area contributed by atoms with Crippen LogP contribution in [0.2, 0.25) is 0 Å². The molecule has 9 aromatic rings. The van der Waals surface area contributed by atoms with Crippen LogP contribution in [0.4, 0.5) is 0 Å². The second kappa shape index (κ2) is 11.8. The fourth-order valence-electron chi connectivity index (χ4n) is 7.60. The predicted octanol–water partition coefficient (Wildman–Crippen LogP) is 11.8. The van der Waals surface area contributed by atoms with Crippen LogP contribution in [0, 0.1) is 5.92 Å². The Labute approximate surface area is 294 Å². The molecule has 1 unspecified atom stereocenters. The molecule has 242 valence electrons. The molecule has 0 saturated carbocycles. The van der Waals surface area contributed by atoms with Crippen molar-refractivity contribution in [2.75, 3.05) is 0 Å². The van der Waals surface area contributed by atoms with Crippen LogP contribution >= 0.6 is 0 Å². The highest BCUT2D eigenvalue weighted by atomic mass is 16.3. The highest BCUT2D eigenvalue weighted by Crippen LogP contribution is 2.42. The summed E-state index contributed by atoms with van der Waals surface area (Å²) in [5.74, 6) is 2.25. The maximum Gasteiger partial charge on any atom is 0.167 e. The standard InChI is InChI=1S/C46H32N4O/c1-29-14-8-9-19-33(29)45-47-44(30-15-4-2-5-16-30)48-46(49-45)38-24-13-23-37-36-22-12-21-34(42(36)51-43(37)38)31-26-27-41-39(28-31)35-20-10-11-25-40(35)50(41)32-17-6-3-7-18-32/h2-13,15-29H,14H2,1H3. The normalized spacial score (nSPS) is 14.5. The van der Waals surface area contributed by atoms with Gasteiger partial charge in [0.2, 0.25) is 0 Å². The van der Waals surface area contributed by atoms with Crippen LogP contribution in [-0.4, -0.2) is 19.5 Å². The molecule has 0 saturated heterocycles. The maximum atomic E-state index is 6.92. The third-order valence-electron chi connectivity index (χ3n) is 10.1. The van der Waals surface area contributed by atoms with Crippen molar-refractivity contribution in [3.8, 4) is 39.6 Å². The van der Waals surface area contributed by atoms with E-state index in [0.29, 0.717) is 23.4 Å². The van der Waals surface area contributed by atoms with E-state index in [4.69, 9.17) is 19.4 Å². The summed E-state index contributed by atoms with van der Waals surface area (Å²) >= 11 is 0. The molecular formula is C46H32N4O. The molecular weight excluding hydrogens is 625 g/mol. The van der Waals surface area contributed by atoms with Gasteiger partial charge >= 0.3 is 0 Å². The Balaban J connectivity index is 1.17. The van der Waals surface area contributed by atoms with Crippen LogP contribution in [0.1, 0.15) is 19.2 Å². The van der Waals surface area contributed by atoms with Crippen molar-refractivity contribution in [3.05, 3.63) is 164 Å². The van der Waals surface area contributed by atoms with Gasteiger partial charge < -0.3 is 8.98 Å². The van der Waals surface area contributed by atoms with Gasteiger partial charge in [0.05, 0.1) is 16.6 Å². The summed E-state index contributed by atoms with van der Waals surface area (Å²) in [5, 5.41) is 4.51. The first-order valence-electron chi connectivity index (χ1n) is 17.4. The van der Waals surface area contributed by atoms with E-state index in [0.717, 1.165) is 61.9 Å². The lowest BCUT2D eigenvalue weighted by Gasteiger charge is -2.17. The number of allylic oxidation sites excluding steroid dienone is 4. The SMILES string of the molecule is CC1CC=CC=C1c1nc(-c2ccccc2)nc(-c2cccc3c2oc2c(-c4ccc5c(c4)c4ccccc4n5-c4ccccc4)cccc23)n1. The molecule has 3 heterocycles. The van der Waals surface area contributed by atoms with Crippen LogP contribution in [0.25, 0.3) is 88.9 Å². The number of aromatic nitrogens is 4. The van der Waals surface area contributed by atoms with Gasteiger partial charge in [0.1, 0.15) is 11.2 Å². The summed E-state index contributed by atoms with van der Waals surface area (Å²) in [7, 11) is 0. The number of hydrogen-bond acceptors (Lipinski definition) is 4. The van der Waals surface area contributed by atoms with Gasteiger partial charge in [0.25, 0.3) is 0 Å². The lowest BCUT2D eigenvalue weighted by molar-refractivity contribution is 0.670. The molecule has 1 aliphatic rings. The van der Waals surface area contributed by atoms with Crippen LogP contribution in [0.3, 0.4) is 0 Å². The summed E-state index contributed by atoms with van der Waals surface area (Å²) in [5.41, 5.74) is 10.2. The van der Waals surface area contributed by atoms with Crippen molar-refractivity contribution in [1.82, 2.24) is 19.5 Å². The molecule has 0 bridgehead atoms. The quantitative estimate of drug-likeness (QED) is 0.185. The third kappa shape index (κ3) is 4.81. The number of fused-ring (bicyclic) bond motifs is 6. The van der Waals surface area contributed by atoms with E-state index in [9.17, 15) is 0 Å². The van der Waals surface area contributed by atoms with Crippen molar-refractivity contribution in [2.24, 2.45) is 5.92 Å². The highest BCUT2D eigenvalue weighted by molar-refractivity contribution is 6.14. The van der Waals surface area contributed by atoms with Crippen molar-refractivity contribution in [1.29, 1.82) is 0 Å². The van der Waals surface area contributed by atoms with Crippen molar-refractivity contribution in [3.63, 3.8) is 0 Å². The van der Waals surface area contributed by atoms with E-state index in [2.05, 4.69) is 139 Å². The summed E-state index contributed by atoms with van der Waals surface area (Å²) < 4.78 is 9.26. The number of furan rings is 1. The molecule has 0 amide bonds. The Morgan fingerprint density at radius 3 is 2.00 bits per heavy atom. The Kier molecular flexibility index (Phi) is 6.78. The lowest BCUT2D eigenvalue weighted by atomic mass is 9.92. The molecule has 0 aliphatic heterocycles. The molecule has 5 heteroatoms. The minimum absolute atomic E-state index is 0.303. The van der Waals surface area contributed by atoms with E-state index < -0.39 is 0 Å². The van der Waals surface area contributed by atoms with Crippen LogP contribution < -0.4 is 0 Å². The molecule has 1 atom stereocenters. The summed E-state index contributed by atoms with van der Waals surface area (Å²) in [6.07, 6.45) is 7.37. The first kappa shape index (κ1) is 29.3. The Hall–Kier alpha value is -6.59. The molecule has 5 nitrogen and oxygen atoms in total. The molecule has 0 radical (unpaired) electrons. The van der Waals surface area contributed by atoms with E-state index in [1.807, 2.05) is 30.3 Å². The molecule has 0 spiro atoms. The van der Waals surface area contributed by atoms with Crippen LogP contribution in [0.15, 0.2) is 162 Å². The van der Waals surface area contributed by atoms with Gasteiger partial charge in [-0.3, -0.25) is 0 Å². The van der Waals surface area contributed by atoms with Gasteiger partial charge in [0.15, 0.2) is 17.5 Å². The van der Waals surface area contributed by atoms with Gasteiger partial charge in [-0.15, -0.1) is 0 Å². The zero-order valence-corrected chi connectivity index (χ0v) is 28.0. The second-order valence-electron chi connectivity index (χ2n) is 13.2. The van der Waals surface area contributed by atoms with Gasteiger partial charge in [-0.05, 0) is 54.3 Å². The minimum atomic E-state index is 0.303. The second-order valence-corrected chi connectivity index (χ2v) is 13.2. The zero-order chi connectivity index (χ0) is 33.9. The average molecular weight is 657 g/mol. The topological polar surface area (TPSA) is 56.7 Å². The smallest absolute Gasteiger partial charge is 0.167 e. The van der Waals surface area contributed by atoms with Gasteiger partial charge in [-0.1, -0.05) is 128 Å². The molecule has 6 aromatic carbocycles. The number of rotatable bonds is 5. The summed E-state index contributed by atoms with van der Waals surface area (Å²) in [6.45, 7) is 2.22. The fourth-order valence-corrected chi connectivity index (χ4v) is 7.60. The largest absolute Gasteiger partial charge is 0.455 e. The van der Waals surface area contributed by atoms with Gasteiger partial charge in [-0.2, -0.15) is 0 Å². The van der Waals surface area contributed by atoms with Gasteiger partial charge in [-0.25, -0.2) is 15.0 Å². The Bertz CT molecular complexity index is 2840. The highest BCUT2D eigenvalue weighted by Gasteiger charge is 2.22. The summed E-state index contributed by atoms with van der Waals surface area (Å²) in [4.78, 5) is 15.2. The zero-order valence-electron chi connectivity index (χ0n) is 28.0. The maximum absolute atomic E-state index is 6.92. The average Bonchev–Trinajstić information content (AvgIpc) is 3.74. The molecule has 10 rings (SSSR count). The molecule has 0 N–H and O–H groups in total. The molecule has 51 heavy (non-hydrogen) atoms. The lowest BCUT2D eigenvalue weighted by Crippen LogP contribution is -2.08. The van der Waals surface area contributed by atoms with Crippen molar-refractivity contribution < 1.29 is 4.42 Å². The first-order valence-corrected chi connectivity index (χ1v) is 17.4. The summed E-state index contributed by atoms with van der Waals surface area (Å²) in [6, 6.07) is 48.7. The van der Waals surface area contributed by atoms with E-state index in [1.54, 1.807) is 0 Å². The predicted molar refractivity (Wildman–Crippen MR) is 209 cm³/mol. The van der Waals surface area contributed by atoms with Crippen LogP contribution in [0.5, 0.6) is 0 Å². The molecule has 3 aromatic heterocycles. The number of nitrogens with zero attached hydrogens (tertiary/aromatic N) is 4. The van der Waals surface area contributed by atoms with Gasteiger partial charge in [0, 0.05) is 43.9 Å². The Morgan fingerprint density at radius 1 is 0.549 bits per heavy atom. The number of para-hydroxylation sites is 4. The van der Waals surface area contributed by atoms with Crippen molar-refractivity contribution >= 4 is 49.3 Å². The van der Waals surface area contributed by atoms with E-state index in [1.165, 1.54) is 21.8 Å². The fraction of sp³-hybridized carbons (Fsp3) is 0.0652. The molecule has 0 fully saturated rings. The first-order chi connectivity index (χ1) is 25.2. The monoisotopic (exact) mass is 656 g/mol. The molecule has 1 aliphatic carbocycles. The number of hydrogen-bond donors (Lipinski definition) is 0. The van der Waals surface area contributed by atoms with Crippen LogP contribution in [-0.2, 0) is 0 Å². The minimum Gasteiger partial charge on any atom is -0.455 e. The van der Waals surface area contributed by atoms with E-state index >= 15 is 0 Å². The van der Waals surface area contributed by atoms with Crippen molar-refractivity contribution in [2.45, 2.75) is 13.3 Å². The Morgan fingerprint density at radius 2 is 1.20 bits per heavy atom. The number of benzene rings is 6. The van der Waals surface area contributed by atoms with E-state index in [-0.39, 0.29) is 0 Å².